The average molecular weight is 372 g/mol. The number of nitriles is 1. The summed E-state index contributed by atoms with van der Waals surface area (Å²) >= 11 is 1.37. The topological polar surface area (TPSA) is 82.5 Å². The number of para-hydroxylation sites is 1. The fourth-order valence-electron chi connectivity index (χ4n) is 2.43. The lowest BCUT2D eigenvalue weighted by atomic mass is 10.1. The number of hydrogen-bond acceptors (Lipinski definition) is 6. The van der Waals surface area contributed by atoms with E-state index in [1.54, 1.807) is 36.4 Å². The van der Waals surface area contributed by atoms with Crippen LogP contribution in [0.15, 0.2) is 76.4 Å². The minimum absolute atomic E-state index is 0.346. The van der Waals surface area contributed by atoms with Gasteiger partial charge in [0.05, 0.1) is 34.3 Å². The molecule has 2 aromatic heterocycles. The summed E-state index contributed by atoms with van der Waals surface area (Å²) in [5.41, 5.74) is 1.69. The Labute approximate surface area is 158 Å². The Kier molecular flexibility index (Phi) is 4.47. The van der Waals surface area contributed by atoms with Crippen LogP contribution in [0.2, 0.25) is 0 Å². The van der Waals surface area contributed by atoms with Gasteiger partial charge < -0.3 is 4.42 Å². The number of hydrogen-bond donors (Lipinski definition) is 0. The first-order valence-electron chi connectivity index (χ1n) is 8.02. The quantitative estimate of drug-likeness (QED) is 0.392. The third kappa shape index (κ3) is 3.47. The van der Waals surface area contributed by atoms with Gasteiger partial charge in [0.2, 0.25) is 5.13 Å². The monoisotopic (exact) mass is 372 g/mol. The number of rotatable bonds is 4. The molecule has 6 nitrogen and oxygen atoms in total. The highest BCUT2D eigenvalue weighted by Gasteiger charge is 2.21. The van der Waals surface area contributed by atoms with Gasteiger partial charge in [0, 0.05) is 5.56 Å². The third-order valence-corrected chi connectivity index (χ3v) is 4.77. The second kappa shape index (κ2) is 7.23. The molecule has 0 atom stereocenters. The highest BCUT2D eigenvalue weighted by molar-refractivity contribution is 7.22. The van der Waals surface area contributed by atoms with E-state index in [9.17, 15) is 4.79 Å². The molecule has 0 bridgehead atoms. The van der Waals surface area contributed by atoms with E-state index in [4.69, 9.17) is 9.68 Å². The molecule has 7 heteroatoms. The summed E-state index contributed by atoms with van der Waals surface area (Å²) in [5, 5.41) is 14.9. The number of thiazole rings is 1. The lowest BCUT2D eigenvalue weighted by Gasteiger charge is -2.13. The van der Waals surface area contributed by atoms with E-state index in [1.165, 1.54) is 28.8 Å². The number of carbonyl (C=O) groups excluding carboxylic acids is 1. The van der Waals surface area contributed by atoms with Gasteiger partial charge in [-0.15, -0.1) is 0 Å². The second-order valence-corrected chi connectivity index (χ2v) is 6.54. The summed E-state index contributed by atoms with van der Waals surface area (Å²) in [4.78, 5) is 17.6. The zero-order chi connectivity index (χ0) is 18.6. The van der Waals surface area contributed by atoms with Gasteiger partial charge in [0.1, 0.15) is 5.76 Å². The number of amides is 1. The number of carbonyl (C=O) groups is 1. The standard InChI is InChI=1S/C20H12N4O2S/c21-12-14-7-9-15(10-8-14)19(25)24(22-13-16-4-3-11-26-16)20-23-17-5-1-2-6-18(17)27-20/h1-11,13H/b22-13+. The summed E-state index contributed by atoms with van der Waals surface area (Å²) in [5.74, 6) is 0.176. The minimum Gasteiger partial charge on any atom is -0.463 e. The van der Waals surface area contributed by atoms with Crippen LogP contribution >= 0.6 is 11.3 Å². The van der Waals surface area contributed by atoms with Crippen molar-refractivity contribution in [2.45, 2.75) is 0 Å². The number of fused-ring (bicyclic) bond motifs is 1. The zero-order valence-electron chi connectivity index (χ0n) is 13.9. The maximum Gasteiger partial charge on any atom is 0.280 e. The van der Waals surface area contributed by atoms with Crippen molar-refractivity contribution in [3.8, 4) is 6.07 Å². The van der Waals surface area contributed by atoms with Crippen molar-refractivity contribution in [3.05, 3.63) is 83.8 Å². The Bertz CT molecular complexity index is 1120. The van der Waals surface area contributed by atoms with E-state index in [0.29, 0.717) is 22.0 Å². The average Bonchev–Trinajstić information content (AvgIpc) is 3.37. The van der Waals surface area contributed by atoms with Crippen LogP contribution < -0.4 is 5.01 Å². The summed E-state index contributed by atoms with van der Waals surface area (Å²) < 4.78 is 6.21. The predicted molar refractivity (Wildman–Crippen MR) is 104 cm³/mol. The van der Waals surface area contributed by atoms with Crippen LogP contribution in [0.25, 0.3) is 10.2 Å². The van der Waals surface area contributed by atoms with Crippen LogP contribution in [-0.4, -0.2) is 17.1 Å². The van der Waals surface area contributed by atoms with Crippen LogP contribution in [0.3, 0.4) is 0 Å². The Morgan fingerprint density at radius 2 is 1.96 bits per heavy atom. The van der Waals surface area contributed by atoms with Crippen molar-refractivity contribution in [2.24, 2.45) is 5.10 Å². The van der Waals surface area contributed by atoms with Gasteiger partial charge in [-0.25, -0.2) is 4.98 Å². The summed E-state index contributed by atoms with van der Waals surface area (Å²) in [6.07, 6.45) is 3.00. The van der Waals surface area contributed by atoms with E-state index >= 15 is 0 Å². The second-order valence-electron chi connectivity index (χ2n) is 5.53. The van der Waals surface area contributed by atoms with Crippen molar-refractivity contribution in [3.63, 3.8) is 0 Å². The number of furan rings is 1. The van der Waals surface area contributed by atoms with Crippen molar-refractivity contribution in [1.82, 2.24) is 4.98 Å². The molecule has 0 aliphatic carbocycles. The number of benzene rings is 2. The van der Waals surface area contributed by atoms with Crippen molar-refractivity contribution in [2.75, 3.05) is 5.01 Å². The lowest BCUT2D eigenvalue weighted by molar-refractivity contribution is 0.0988. The molecule has 0 radical (unpaired) electrons. The molecule has 0 saturated heterocycles. The molecule has 27 heavy (non-hydrogen) atoms. The normalized spacial score (nSPS) is 10.9. The molecule has 0 N–H and O–H groups in total. The SMILES string of the molecule is N#Cc1ccc(C(=O)N(/N=C/c2ccco2)c2nc3ccccc3s2)cc1. The number of aromatic nitrogens is 1. The first-order chi connectivity index (χ1) is 13.2. The van der Waals surface area contributed by atoms with Gasteiger partial charge in [-0.2, -0.15) is 15.4 Å². The zero-order valence-corrected chi connectivity index (χ0v) is 14.8. The Hall–Kier alpha value is -3.76. The molecule has 2 aromatic carbocycles. The molecule has 2 heterocycles. The fraction of sp³-hybridized carbons (Fsp3) is 0. The van der Waals surface area contributed by atoms with Crippen LogP contribution in [0, 0.1) is 11.3 Å². The maximum absolute atomic E-state index is 13.0. The van der Waals surface area contributed by atoms with Gasteiger partial charge in [0.15, 0.2) is 0 Å². The largest absolute Gasteiger partial charge is 0.463 e. The van der Waals surface area contributed by atoms with Crippen LogP contribution in [0.1, 0.15) is 21.7 Å². The predicted octanol–water partition coefficient (Wildman–Crippen LogP) is 4.44. The van der Waals surface area contributed by atoms with Crippen LogP contribution in [0.5, 0.6) is 0 Å². The smallest absolute Gasteiger partial charge is 0.280 e. The number of hydrazone groups is 1. The van der Waals surface area contributed by atoms with Crippen LogP contribution in [0.4, 0.5) is 5.13 Å². The molecule has 4 rings (SSSR count). The van der Waals surface area contributed by atoms with Crippen molar-refractivity contribution < 1.29 is 9.21 Å². The molecule has 0 spiro atoms. The molecule has 4 aromatic rings. The highest BCUT2D eigenvalue weighted by Crippen LogP contribution is 2.29. The fourth-order valence-corrected chi connectivity index (χ4v) is 3.35. The Morgan fingerprint density at radius 1 is 1.15 bits per heavy atom. The Balaban J connectivity index is 1.74. The van der Waals surface area contributed by atoms with Gasteiger partial charge in [-0.3, -0.25) is 4.79 Å². The summed E-state index contributed by atoms with van der Waals surface area (Å²) in [6, 6.07) is 19.6. The van der Waals surface area contributed by atoms with E-state index in [-0.39, 0.29) is 5.91 Å². The Morgan fingerprint density at radius 3 is 2.67 bits per heavy atom. The number of nitrogens with zero attached hydrogens (tertiary/aromatic N) is 4. The summed E-state index contributed by atoms with van der Waals surface area (Å²) in [6.45, 7) is 0. The first-order valence-corrected chi connectivity index (χ1v) is 8.84. The van der Waals surface area contributed by atoms with Crippen molar-refractivity contribution in [1.29, 1.82) is 5.26 Å². The van der Waals surface area contributed by atoms with Gasteiger partial charge in [-0.05, 0) is 48.5 Å². The van der Waals surface area contributed by atoms with E-state index in [2.05, 4.69) is 10.1 Å². The number of anilines is 1. The van der Waals surface area contributed by atoms with E-state index < -0.39 is 0 Å². The molecular weight excluding hydrogens is 360 g/mol. The molecule has 0 unspecified atom stereocenters. The van der Waals surface area contributed by atoms with E-state index in [0.717, 1.165) is 10.2 Å². The molecular formula is C20H12N4O2S. The molecule has 130 valence electrons. The maximum atomic E-state index is 13.0. The molecule has 0 aliphatic rings. The van der Waals surface area contributed by atoms with Crippen LogP contribution in [-0.2, 0) is 0 Å². The summed E-state index contributed by atoms with van der Waals surface area (Å²) in [7, 11) is 0. The molecule has 1 amide bonds. The lowest BCUT2D eigenvalue weighted by Crippen LogP contribution is -2.25. The van der Waals surface area contributed by atoms with Gasteiger partial charge >= 0.3 is 0 Å². The van der Waals surface area contributed by atoms with Gasteiger partial charge in [-0.1, -0.05) is 23.5 Å². The first kappa shape index (κ1) is 16.7. The minimum atomic E-state index is -0.346. The highest BCUT2D eigenvalue weighted by atomic mass is 32.1. The molecule has 0 fully saturated rings. The van der Waals surface area contributed by atoms with Gasteiger partial charge in [0.25, 0.3) is 5.91 Å². The van der Waals surface area contributed by atoms with E-state index in [1.807, 2.05) is 30.3 Å². The molecule has 0 saturated carbocycles. The molecule has 0 aliphatic heterocycles. The third-order valence-electron chi connectivity index (χ3n) is 3.76. The van der Waals surface area contributed by atoms with Crippen molar-refractivity contribution >= 4 is 38.8 Å².